The van der Waals surface area contributed by atoms with E-state index in [1.165, 1.54) is 12.1 Å². The first-order chi connectivity index (χ1) is 11.5. The van der Waals surface area contributed by atoms with E-state index in [0.717, 1.165) is 16.1 Å². The van der Waals surface area contributed by atoms with Crippen LogP contribution in [0, 0.1) is 10.1 Å². The number of benzene rings is 2. The number of hydrogen-bond acceptors (Lipinski definition) is 6. The number of carbonyl (C=O) groups excluding carboxylic acids is 1. The van der Waals surface area contributed by atoms with Gasteiger partial charge in [0.1, 0.15) is 6.61 Å². The fourth-order valence-corrected chi connectivity index (χ4v) is 2.23. The first kappa shape index (κ1) is 17.9. The van der Waals surface area contributed by atoms with Gasteiger partial charge in [0.05, 0.1) is 17.1 Å². The van der Waals surface area contributed by atoms with Gasteiger partial charge in [-0.3, -0.25) is 10.1 Å². The molecule has 2 aromatic rings. The average Bonchev–Trinajstić information content (AvgIpc) is 2.59. The van der Waals surface area contributed by atoms with Gasteiger partial charge in [0, 0.05) is 28.8 Å². The highest BCUT2D eigenvalue weighted by Crippen LogP contribution is 2.23. The number of rotatable bonds is 7. The highest BCUT2D eigenvalue weighted by Gasteiger charge is 2.18. The van der Waals surface area contributed by atoms with Gasteiger partial charge in [0.2, 0.25) is 0 Å². The van der Waals surface area contributed by atoms with Gasteiger partial charge in [-0.05, 0) is 23.8 Å². The molecule has 0 amide bonds. The summed E-state index contributed by atoms with van der Waals surface area (Å²) in [5.74, 6) is -0.679. The summed E-state index contributed by atoms with van der Waals surface area (Å²) in [4.78, 5) is 22.6. The van der Waals surface area contributed by atoms with E-state index in [4.69, 9.17) is 9.84 Å². The standard InChI is InChI=1S/C16H15BrN2O5/c17-12-3-1-11(2-4-12)10-24-16(21)14-9-13(19(22)23)5-6-15(14)18-7-8-20/h1-6,9,18,20H,7-8,10H2. The summed E-state index contributed by atoms with van der Waals surface area (Å²) < 4.78 is 6.14. The molecule has 0 bridgehead atoms. The van der Waals surface area contributed by atoms with Gasteiger partial charge in [0.15, 0.2) is 0 Å². The Morgan fingerprint density at radius 3 is 2.58 bits per heavy atom. The Labute approximate surface area is 146 Å². The molecule has 2 aromatic carbocycles. The number of carbonyl (C=O) groups is 1. The summed E-state index contributed by atoms with van der Waals surface area (Å²) in [6, 6.07) is 11.1. The molecule has 0 unspecified atom stereocenters. The molecule has 0 aliphatic carbocycles. The van der Waals surface area contributed by atoms with Gasteiger partial charge in [-0.2, -0.15) is 0 Å². The molecule has 0 aliphatic rings. The second-order valence-electron chi connectivity index (χ2n) is 4.84. The lowest BCUT2D eigenvalue weighted by atomic mass is 10.1. The molecule has 126 valence electrons. The molecule has 0 radical (unpaired) electrons. The topological polar surface area (TPSA) is 102 Å². The molecule has 8 heteroatoms. The van der Waals surface area contributed by atoms with Gasteiger partial charge < -0.3 is 15.2 Å². The third-order valence-corrected chi connectivity index (χ3v) is 3.67. The van der Waals surface area contributed by atoms with Crippen LogP contribution in [0.3, 0.4) is 0 Å². The van der Waals surface area contributed by atoms with E-state index in [0.29, 0.717) is 5.69 Å². The minimum absolute atomic E-state index is 0.0498. The van der Waals surface area contributed by atoms with E-state index in [1.807, 2.05) is 12.1 Å². The van der Waals surface area contributed by atoms with Crippen molar-refractivity contribution in [2.45, 2.75) is 6.61 Å². The number of nitrogens with one attached hydrogen (secondary N) is 1. The molecule has 0 atom stereocenters. The van der Waals surface area contributed by atoms with Gasteiger partial charge in [-0.25, -0.2) is 4.79 Å². The summed E-state index contributed by atoms with van der Waals surface area (Å²) in [5.41, 5.74) is 1.01. The Morgan fingerprint density at radius 1 is 1.25 bits per heavy atom. The lowest BCUT2D eigenvalue weighted by molar-refractivity contribution is -0.384. The molecular weight excluding hydrogens is 380 g/mol. The Hall–Kier alpha value is -2.45. The van der Waals surface area contributed by atoms with Crippen molar-refractivity contribution in [3.05, 3.63) is 68.2 Å². The van der Waals surface area contributed by atoms with E-state index in [9.17, 15) is 14.9 Å². The average molecular weight is 395 g/mol. The number of hydrogen-bond donors (Lipinski definition) is 2. The molecule has 0 saturated heterocycles. The summed E-state index contributed by atoms with van der Waals surface area (Å²) in [6.07, 6.45) is 0. The van der Waals surface area contributed by atoms with E-state index < -0.39 is 10.9 Å². The number of non-ortho nitro benzene ring substituents is 1. The first-order valence-electron chi connectivity index (χ1n) is 7.06. The zero-order valence-corrected chi connectivity index (χ0v) is 14.2. The molecule has 0 saturated carbocycles. The van der Waals surface area contributed by atoms with E-state index in [1.54, 1.807) is 12.1 Å². The fraction of sp³-hybridized carbons (Fsp3) is 0.188. The Morgan fingerprint density at radius 2 is 1.96 bits per heavy atom. The second-order valence-corrected chi connectivity index (χ2v) is 5.76. The van der Waals surface area contributed by atoms with Crippen LogP contribution in [0.25, 0.3) is 0 Å². The molecule has 2 rings (SSSR count). The molecule has 24 heavy (non-hydrogen) atoms. The van der Waals surface area contributed by atoms with Crippen molar-refractivity contribution in [1.29, 1.82) is 0 Å². The van der Waals surface area contributed by atoms with Crippen molar-refractivity contribution in [3.8, 4) is 0 Å². The van der Waals surface area contributed by atoms with Crippen LogP contribution in [-0.2, 0) is 11.3 Å². The molecule has 0 spiro atoms. The highest BCUT2D eigenvalue weighted by atomic mass is 79.9. The van der Waals surface area contributed by atoms with Gasteiger partial charge in [0.25, 0.3) is 5.69 Å². The van der Waals surface area contributed by atoms with Crippen LogP contribution in [0.2, 0.25) is 0 Å². The number of ether oxygens (including phenoxy) is 1. The lowest BCUT2D eigenvalue weighted by Crippen LogP contribution is -2.13. The van der Waals surface area contributed by atoms with Crippen LogP contribution in [0.1, 0.15) is 15.9 Å². The van der Waals surface area contributed by atoms with Gasteiger partial charge in [-0.15, -0.1) is 0 Å². The third kappa shape index (κ3) is 4.77. The predicted molar refractivity (Wildman–Crippen MR) is 91.9 cm³/mol. The SMILES string of the molecule is O=C(OCc1ccc(Br)cc1)c1cc([N+](=O)[O-])ccc1NCCO. The molecular formula is C16H15BrN2O5. The van der Waals surface area contributed by atoms with Crippen LogP contribution in [-0.4, -0.2) is 29.2 Å². The minimum atomic E-state index is -0.679. The first-order valence-corrected chi connectivity index (χ1v) is 7.85. The molecule has 0 heterocycles. The molecule has 0 aromatic heterocycles. The van der Waals surface area contributed by atoms with Gasteiger partial charge in [-0.1, -0.05) is 28.1 Å². The number of nitro benzene ring substituents is 1. The van der Waals surface area contributed by atoms with E-state index >= 15 is 0 Å². The number of aliphatic hydroxyl groups excluding tert-OH is 1. The number of nitro groups is 1. The fourth-order valence-electron chi connectivity index (χ4n) is 1.97. The summed E-state index contributed by atoms with van der Waals surface area (Å²) in [7, 11) is 0. The van der Waals surface area contributed by atoms with E-state index in [2.05, 4.69) is 21.2 Å². The maximum atomic E-state index is 12.3. The number of anilines is 1. The Bertz CT molecular complexity index is 734. The number of halogens is 1. The van der Waals surface area contributed by atoms with Crippen LogP contribution < -0.4 is 5.32 Å². The van der Waals surface area contributed by atoms with Crippen molar-refractivity contribution < 1.29 is 19.6 Å². The van der Waals surface area contributed by atoms with Crippen LogP contribution in [0.5, 0.6) is 0 Å². The van der Waals surface area contributed by atoms with Crippen LogP contribution in [0.4, 0.5) is 11.4 Å². The highest BCUT2D eigenvalue weighted by molar-refractivity contribution is 9.10. The quantitative estimate of drug-likeness (QED) is 0.424. The monoisotopic (exact) mass is 394 g/mol. The molecule has 0 fully saturated rings. The maximum absolute atomic E-state index is 12.3. The minimum Gasteiger partial charge on any atom is -0.457 e. The van der Waals surface area contributed by atoms with Gasteiger partial charge >= 0.3 is 5.97 Å². The zero-order chi connectivity index (χ0) is 17.5. The zero-order valence-electron chi connectivity index (χ0n) is 12.6. The molecule has 2 N–H and O–H groups in total. The Kier molecular flexibility index (Phi) is 6.28. The molecule has 0 aliphatic heterocycles. The smallest absolute Gasteiger partial charge is 0.340 e. The number of esters is 1. The summed E-state index contributed by atoms with van der Waals surface area (Å²) in [5, 5.41) is 22.6. The second kappa shape index (κ2) is 8.42. The lowest BCUT2D eigenvalue weighted by Gasteiger charge is -2.11. The Balaban J connectivity index is 2.17. The van der Waals surface area contributed by atoms with Crippen LogP contribution >= 0.6 is 15.9 Å². The van der Waals surface area contributed by atoms with Crippen molar-refractivity contribution >= 4 is 33.3 Å². The normalized spacial score (nSPS) is 10.2. The number of aliphatic hydroxyl groups is 1. The van der Waals surface area contributed by atoms with E-state index in [-0.39, 0.29) is 31.0 Å². The summed E-state index contributed by atoms with van der Waals surface area (Å²) >= 11 is 3.32. The van der Waals surface area contributed by atoms with Crippen molar-refractivity contribution in [1.82, 2.24) is 0 Å². The number of nitrogens with zero attached hydrogens (tertiary/aromatic N) is 1. The van der Waals surface area contributed by atoms with Crippen molar-refractivity contribution in [2.24, 2.45) is 0 Å². The van der Waals surface area contributed by atoms with Crippen LogP contribution in [0.15, 0.2) is 46.9 Å². The maximum Gasteiger partial charge on any atom is 0.340 e. The molecule has 7 nitrogen and oxygen atoms in total. The summed E-state index contributed by atoms with van der Waals surface area (Å²) in [6.45, 7) is 0.128. The van der Waals surface area contributed by atoms with Crippen molar-refractivity contribution in [2.75, 3.05) is 18.5 Å². The largest absolute Gasteiger partial charge is 0.457 e. The third-order valence-electron chi connectivity index (χ3n) is 3.14. The van der Waals surface area contributed by atoms with Crippen molar-refractivity contribution in [3.63, 3.8) is 0 Å². The predicted octanol–water partition coefficient (Wildman–Crippen LogP) is 3.12.